The molecule has 1 atom stereocenters. The fourth-order valence-electron chi connectivity index (χ4n) is 3.36. The minimum atomic E-state index is -0.865. The molecule has 1 unspecified atom stereocenters. The highest BCUT2D eigenvalue weighted by molar-refractivity contribution is 5.81. The maximum Gasteiger partial charge on any atom is 0.328 e. The summed E-state index contributed by atoms with van der Waals surface area (Å²) in [4.78, 5) is 14.4. The van der Waals surface area contributed by atoms with Gasteiger partial charge in [0, 0.05) is 0 Å². The molecule has 1 saturated heterocycles. The van der Waals surface area contributed by atoms with Crippen molar-refractivity contribution in [2.75, 3.05) is 13.1 Å². The number of rotatable bonds is 5. The smallest absolute Gasteiger partial charge is 0.328 e. The van der Waals surface area contributed by atoms with E-state index < -0.39 is 11.5 Å². The monoisotopic (exact) mass is 275 g/mol. The van der Waals surface area contributed by atoms with Gasteiger partial charge < -0.3 is 5.11 Å². The summed E-state index contributed by atoms with van der Waals surface area (Å²) < 4.78 is 0. The number of carboxylic acid groups (broad SMARTS) is 1. The summed E-state index contributed by atoms with van der Waals surface area (Å²) in [5, 5.41) is 10.0. The normalized spacial score (nSPS) is 19.8. The van der Waals surface area contributed by atoms with Gasteiger partial charge in [-0.2, -0.15) is 0 Å². The number of carbonyl (C=O) groups is 1. The van der Waals surface area contributed by atoms with E-state index >= 15 is 0 Å². The van der Waals surface area contributed by atoms with Crippen LogP contribution in [0.3, 0.4) is 0 Å². The van der Waals surface area contributed by atoms with Crippen molar-refractivity contribution in [3.8, 4) is 0 Å². The summed E-state index contributed by atoms with van der Waals surface area (Å²) in [7, 11) is 0. The molecule has 1 fully saturated rings. The summed E-state index contributed by atoms with van der Waals surface area (Å²) in [6.07, 6.45) is 4.06. The molecule has 0 bridgehead atoms. The molecule has 1 aliphatic rings. The molecule has 3 nitrogen and oxygen atoms in total. The molecule has 0 saturated carbocycles. The molecule has 20 heavy (non-hydrogen) atoms. The fraction of sp³-hybridized carbons (Fsp3) is 0.588. The Balaban J connectivity index is 2.46. The Bertz CT molecular complexity index is 438. The number of likely N-dealkylation sites (tertiary alicyclic amines) is 1. The van der Waals surface area contributed by atoms with E-state index in [1.807, 2.05) is 30.3 Å². The molecule has 110 valence electrons. The third kappa shape index (κ3) is 2.88. The van der Waals surface area contributed by atoms with Crippen molar-refractivity contribution in [3.05, 3.63) is 35.9 Å². The molecular weight excluding hydrogens is 250 g/mol. The lowest BCUT2D eigenvalue weighted by Crippen LogP contribution is -2.54. The topological polar surface area (TPSA) is 40.5 Å². The molecule has 1 N–H and O–H groups in total. The first-order valence-corrected chi connectivity index (χ1v) is 7.61. The van der Waals surface area contributed by atoms with Gasteiger partial charge in [-0.05, 0) is 43.8 Å². The van der Waals surface area contributed by atoms with E-state index in [0.29, 0.717) is 12.3 Å². The number of hydrogen-bond donors (Lipinski definition) is 1. The highest BCUT2D eigenvalue weighted by Crippen LogP contribution is 2.37. The maximum absolute atomic E-state index is 12.2. The predicted molar refractivity (Wildman–Crippen MR) is 80.6 cm³/mol. The Labute approximate surface area is 121 Å². The van der Waals surface area contributed by atoms with Gasteiger partial charge in [-0.25, -0.2) is 4.79 Å². The largest absolute Gasteiger partial charge is 0.480 e. The number of aliphatic carboxylic acids is 1. The second-order valence-corrected chi connectivity index (χ2v) is 6.18. The Morgan fingerprint density at radius 2 is 1.80 bits per heavy atom. The average Bonchev–Trinajstić information content (AvgIpc) is 2.46. The van der Waals surface area contributed by atoms with Crippen LogP contribution < -0.4 is 0 Å². The van der Waals surface area contributed by atoms with Crippen LogP contribution in [0.2, 0.25) is 0 Å². The first kappa shape index (κ1) is 15.0. The van der Waals surface area contributed by atoms with Gasteiger partial charge in [0.2, 0.25) is 0 Å². The molecule has 0 aromatic heterocycles. The number of benzene rings is 1. The molecule has 1 aromatic rings. The zero-order chi connectivity index (χ0) is 14.6. The van der Waals surface area contributed by atoms with E-state index in [0.717, 1.165) is 31.5 Å². The third-order valence-electron chi connectivity index (χ3n) is 4.20. The lowest BCUT2D eigenvalue weighted by molar-refractivity contribution is -0.155. The molecule has 0 radical (unpaired) electrons. The molecule has 0 amide bonds. The summed E-state index contributed by atoms with van der Waals surface area (Å²) >= 11 is 0. The van der Waals surface area contributed by atoms with E-state index in [9.17, 15) is 9.90 Å². The van der Waals surface area contributed by atoms with Crippen LogP contribution in [0.15, 0.2) is 30.3 Å². The minimum absolute atomic E-state index is 0.341. The van der Waals surface area contributed by atoms with Crippen molar-refractivity contribution < 1.29 is 9.90 Å². The zero-order valence-electron chi connectivity index (χ0n) is 12.5. The Morgan fingerprint density at radius 3 is 2.30 bits per heavy atom. The average molecular weight is 275 g/mol. The van der Waals surface area contributed by atoms with Crippen molar-refractivity contribution in [1.29, 1.82) is 0 Å². The zero-order valence-corrected chi connectivity index (χ0v) is 12.5. The molecule has 0 aliphatic carbocycles. The predicted octanol–water partition coefficient (Wildman–Crippen LogP) is 3.50. The van der Waals surface area contributed by atoms with Gasteiger partial charge in [-0.1, -0.05) is 50.6 Å². The summed E-state index contributed by atoms with van der Waals surface area (Å²) in [6, 6.07) is 9.76. The fourth-order valence-corrected chi connectivity index (χ4v) is 3.36. The van der Waals surface area contributed by atoms with Crippen molar-refractivity contribution in [3.63, 3.8) is 0 Å². The van der Waals surface area contributed by atoms with Crippen LogP contribution in [-0.2, 0) is 10.3 Å². The molecule has 1 aliphatic heterocycles. The minimum Gasteiger partial charge on any atom is -0.480 e. The summed E-state index contributed by atoms with van der Waals surface area (Å²) in [5.41, 5.74) is 0.0543. The second kappa shape index (κ2) is 6.40. The summed E-state index contributed by atoms with van der Waals surface area (Å²) in [5.74, 6) is -0.368. The van der Waals surface area contributed by atoms with E-state index in [1.54, 1.807) is 0 Å². The number of nitrogens with zero attached hydrogens (tertiary/aromatic N) is 1. The van der Waals surface area contributed by atoms with Crippen LogP contribution in [0.4, 0.5) is 0 Å². The molecule has 0 spiro atoms. The third-order valence-corrected chi connectivity index (χ3v) is 4.20. The maximum atomic E-state index is 12.2. The van der Waals surface area contributed by atoms with E-state index in [4.69, 9.17) is 0 Å². The van der Waals surface area contributed by atoms with Crippen molar-refractivity contribution in [1.82, 2.24) is 4.90 Å². The van der Waals surface area contributed by atoms with Crippen LogP contribution in [-0.4, -0.2) is 29.1 Å². The molecule has 3 heteroatoms. The van der Waals surface area contributed by atoms with Gasteiger partial charge in [0.25, 0.3) is 0 Å². The van der Waals surface area contributed by atoms with Crippen LogP contribution in [0.1, 0.15) is 45.1 Å². The van der Waals surface area contributed by atoms with E-state index in [1.165, 1.54) is 6.42 Å². The lowest BCUT2D eigenvalue weighted by atomic mass is 9.79. The quantitative estimate of drug-likeness (QED) is 0.894. The van der Waals surface area contributed by atoms with Crippen molar-refractivity contribution in [2.24, 2.45) is 5.92 Å². The van der Waals surface area contributed by atoms with Gasteiger partial charge >= 0.3 is 5.97 Å². The Kier molecular flexibility index (Phi) is 4.81. The highest BCUT2D eigenvalue weighted by atomic mass is 16.4. The standard InChI is InChI=1S/C17H25NO2/c1-14(2)13-17(16(19)20,15-9-5-3-6-10-15)18-11-7-4-8-12-18/h3,5-6,9-10,14H,4,7-8,11-13H2,1-2H3,(H,19,20). The van der Waals surface area contributed by atoms with Gasteiger partial charge in [-0.15, -0.1) is 0 Å². The first-order valence-electron chi connectivity index (χ1n) is 7.61. The molecule has 1 aromatic carbocycles. The molecule has 1 heterocycles. The first-order chi connectivity index (χ1) is 9.57. The van der Waals surface area contributed by atoms with E-state index in [-0.39, 0.29) is 0 Å². The van der Waals surface area contributed by atoms with Gasteiger partial charge in [0.05, 0.1) is 0 Å². The van der Waals surface area contributed by atoms with Gasteiger partial charge in [-0.3, -0.25) is 4.90 Å². The molecular formula is C17H25NO2. The number of piperidine rings is 1. The second-order valence-electron chi connectivity index (χ2n) is 6.18. The summed E-state index contributed by atoms with van der Waals surface area (Å²) in [6.45, 7) is 5.97. The van der Waals surface area contributed by atoms with Gasteiger partial charge in [0.1, 0.15) is 5.54 Å². The highest BCUT2D eigenvalue weighted by Gasteiger charge is 2.46. The Hall–Kier alpha value is -1.35. The van der Waals surface area contributed by atoms with E-state index in [2.05, 4.69) is 18.7 Å². The van der Waals surface area contributed by atoms with Crippen LogP contribution in [0, 0.1) is 5.92 Å². The van der Waals surface area contributed by atoms with Crippen LogP contribution in [0.25, 0.3) is 0 Å². The van der Waals surface area contributed by atoms with Crippen molar-refractivity contribution in [2.45, 2.75) is 45.1 Å². The number of carboxylic acids is 1. The lowest BCUT2D eigenvalue weighted by Gasteiger charge is -2.44. The van der Waals surface area contributed by atoms with Crippen LogP contribution >= 0.6 is 0 Å². The van der Waals surface area contributed by atoms with Gasteiger partial charge in [0.15, 0.2) is 0 Å². The van der Waals surface area contributed by atoms with Crippen LogP contribution in [0.5, 0.6) is 0 Å². The Morgan fingerprint density at radius 1 is 1.20 bits per heavy atom. The molecule has 2 rings (SSSR count). The number of hydrogen-bond acceptors (Lipinski definition) is 2. The van der Waals surface area contributed by atoms with Crippen molar-refractivity contribution >= 4 is 5.97 Å². The SMILES string of the molecule is CC(C)CC(C(=O)O)(c1ccccc1)N1CCCCC1.